The average molecular weight is 352 g/mol. The van der Waals surface area contributed by atoms with Crippen molar-refractivity contribution < 1.29 is 0 Å². The van der Waals surface area contributed by atoms with Crippen molar-refractivity contribution in [1.29, 1.82) is 0 Å². The second kappa shape index (κ2) is 5.65. The first-order valence-corrected chi connectivity index (χ1v) is 6.93. The molecular formula is C15H12Br2. The molecule has 0 aliphatic carbocycles. The number of allylic oxidation sites excluding steroid dienone is 1. The lowest BCUT2D eigenvalue weighted by molar-refractivity contribution is 1.26. The van der Waals surface area contributed by atoms with E-state index in [9.17, 15) is 0 Å². The summed E-state index contributed by atoms with van der Waals surface area (Å²) >= 11 is 7.12. The summed E-state index contributed by atoms with van der Waals surface area (Å²) in [5, 5.41) is 0. The van der Waals surface area contributed by atoms with Gasteiger partial charge in [-0.2, -0.15) is 0 Å². The number of halogens is 2. The van der Waals surface area contributed by atoms with Crippen LogP contribution >= 0.6 is 31.9 Å². The van der Waals surface area contributed by atoms with Crippen molar-refractivity contribution in [2.45, 2.75) is 6.42 Å². The highest BCUT2D eigenvalue weighted by Crippen LogP contribution is 2.27. The van der Waals surface area contributed by atoms with Gasteiger partial charge in [-0.1, -0.05) is 74.8 Å². The first kappa shape index (κ1) is 12.6. The highest BCUT2D eigenvalue weighted by molar-refractivity contribution is 9.10. The van der Waals surface area contributed by atoms with E-state index >= 15 is 0 Å². The minimum absolute atomic E-state index is 0.851. The minimum atomic E-state index is 0.851. The predicted molar refractivity (Wildman–Crippen MR) is 81.0 cm³/mol. The molecule has 0 bridgehead atoms. The summed E-state index contributed by atoms with van der Waals surface area (Å²) in [6, 6.07) is 16.4. The van der Waals surface area contributed by atoms with Gasteiger partial charge in [0, 0.05) is 8.95 Å². The third-order valence-electron chi connectivity index (χ3n) is 2.62. The van der Waals surface area contributed by atoms with Crippen molar-refractivity contribution in [2.75, 3.05) is 0 Å². The average Bonchev–Trinajstić information content (AvgIpc) is 2.32. The van der Waals surface area contributed by atoms with E-state index in [-0.39, 0.29) is 0 Å². The molecule has 0 amide bonds. The molecule has 0 aliphatic rings. The monoisotopic (exact) mass is 350 g/mol. The van der Waals surface area contributed by atoms with E-state index in [0.717, 1.165) is 20.9 Å². The van der Waals surface area contributed by atoms with Gasteiger partial charge in [0.2, 0.25) is 0 Å². The summed E-state index contributed by atoms with van der Waals surface area (Å²) in [6.07, 6.45) is 0.851. The summed E-state index contributed by atoms with van der Waals surface area (Å²) in [4.78, 5) is 0. The Balaban J connectivity index is 2.24. The van der Waals surface area contributed by atoms with Gasteiger partial charge in [-0.3, -0.25) is 0 Å². The summed E-state index contributed by atoms with van der Waals surface area (Å²) < 4.78 is 2.23. The summed E-state index contributed by atoms with van der Waals surface area (Å²) in [7, 11) is 0. The highest BCUT2D eigenvalue weighted by atomic mass is 79.9. The fraction of sp³-hybridized carbons (Fsp3) is 0.0667. The molecule has 86 valence electrons. The number of hydrogen-bond donors (Lipinski definition) is 0. The van der Waals surface area contributed by atoms with Gasteiger partial charge in [-0.05, 0) is 35.3 Å². The molecule has 0 spiro atoms. The van der Waals surface area contributed by atoms with Crippen LogP contribution in [0.1, 0.15) is 11.1 Å². The molecule has 2 heteroatoms. The van der Waals surface area contributed by atoms with Crippen molar-refractivity contribution in [3.8, 4) is 0 Å². The molecular weight excluding hydrogens is 340 g/mol. The standard InChI is InChI=1S/C15H12Br2/c1-11(13-7-3-5-9-15(13)17)10-12-6-2-4-8-14(12)16/h2-9H,1,10H2. The van der Waals surface area contributed by atoms with Crippen LogP contribution in [0.2, 0.25) is 0 Å². The molecule has 0 nitrogen and oxygen atoms in total. The smallest absolute Gasteiger partial charge is 0.0250 e. The van der Waals surface area contributed by atoms with Crippen LogP contribution in [0.25, 0.3) is 5.57 Å². The van der Waals surface area contributed by atoms with E-state index in [1.54, 1.807) is 0 Å². The first-order chi connectivity index (χ1) is 8.18. The quantitative estimate of drug-likeness (QED) is 0.688. The van der Waals surface area contributed by atoms with Crippen molar-refractivity contribution >= 4 is 37.4 Å². The zero-order valence-corrected chi connectivity index (χ0v) is 12.5. The molecule has 0 N–H and O–H groups in total. The third kappa shape index (κ3) is 3.08. The Labute approximate surface area is 119 Å². The second-order valence-corrected chi connectivity index (χ2v) is 5.56. The molecule has 17 heavy (non-hydrogen) atoms. The van der Waals surface area contributed by atoms with Crippen LogP contribution < -0.4 is 0 Å². The molecule has 0 heterocycles. The van der Waals surface area contributed by atoms with Crippen molar-refractivity contribution in [1.82, 2.24) is 0 Å². The Hall–Kier alpha value is -0.860. The normalized spacial score (nSPS) is 10.2. The summed E-state index contributed by atoms with van der Waals surface area (Å²) in [6.45, 7) is 4.17. The van der Waals surface area contributed by atoms with Gasteiger partial charge in [-0.15, -0.1) is 0 Å². The molecule has 2 aromatic carbocycles. The fourth-order valence-electron chi connectivity index (χ4n) is 1.71. The van der Waals surface area contributed by atoms with Crippen LogP contribution in [-0.2, 0) is 6.42 Å². The fourth-order valence-corrected chi connectivity index (χ4v) is 2.70. The molecule has 0 saturated heterocycles. The van der Waals surface area contributed by atoms with Gasteiger partial charge in [-0.25, -0.2) is 0 Å². The number of hydrogen-bond acceptors (Lipinski definition) is 0. The Morgan fingerprint density at radius 3 is 2.12 bits per heavy atom. The van der Waals surface area contributed by atoms with E-state index in [4.69, 9.17) is 0 Å². The van der Waals surface area contributed by atoms with E-state index in [1.165, 1.54) is 11.1 Å². The zero-order chi connectivity index (χ0) is 12.3. The number of rotatable bonds is 3. The van der Waals surface area contributed by atoms with E-state index in [1.807, 2.05) is 30.3 Å². The van der Waals surface area contributed by atoms with Crippen LogP contribution in [0, 0.1) is 0 Å². The van der Waals surface area contributed by atoms with Crippen LogP contribution in [-0.4, -0.2) is 0 Å². The lowest BCUT2D eigenvalue weighted by atomic mass is 10.00. The topological polar surface area (TPSA) is 0 Å². The van der Waals surface area contributed by atoms with Gasteiger partial charge in [0.1, 0.15) is 0 Å². The van der Waals surface area contributed by atoms with E-state index < -0.39 is 0 Å². The maximum absolute atomic E-state index is 4.17. The Morgan fingerprint density at radius 2 is 1.47 bits per heavy atom. The van der Waals surface area contributed by atoms with Crippen molar-refractivity contribution in [3.63, 3.8) is 0 Å². The maximum atomic E-state index is 4.17. The molecule has 0 atom stereocenters. The van der Waals surface area contributed by atoms with E-state index in [0.29, 0.717) is 0 Å². The highest BCUT2D eigenvalue weighted by Gasteiger charge is 2.06. The van der Waals surface area contributed by atoms with Gasteiger partial charge in [0.25, 0.3) is 0 Å². The van der Waals surface area contributed by atoms with Gasteiger partial charge >= 0.3 is 0 Å². The van der Waals surface area contributed by atoms with Crippen LogP contribution in [0.3, 0.4) is 0 Å². The predicted octanol–water partition coefficient (Wildman–Crippen LogP) is 5.47. The summed E-state index contributed by atoms with van der Waals surface area (Å²) in [5.41, 5.74) is 3.54. The summed E-state index contributed by atoms with van der Waals surface area (Å²) in [5.74, 6) is 0. The largest absolute Gasteiger partial charge is 0.0949 e. The first-order valence-electron chi connectivity index (χ1n) is 5.34. The van der Waals surface area contributed by atoms with Crippen molar-refractivity contribution in [3.05, 3.63) is 75.2 Å². The number of benzene rings is 2. The molecule has 0 aliphatic heterocycles. The van der Waals surface area contributed by atoms with E-state index in [2.05, 4.69) is 56.6 Å². The Kier molecular flexibility index (Phi) is 4.19. The van der Waals surface area contributed by atoms with Crippen LogP contribution in [0.4, 0.5) is 0 Å². The SMILES string of the molecule is C=C(Cc1ccccc1Br)c1ccccc1Br. The molecule has 0 fully saturated rings. The van der Waals surface area contributed by atoms with Gasteiger partial charge in [0.05, 0.1) is 0 Å². The van der Waals surface area contributed by atoms with Gasteiger partial charge in [0.15, 0.2) is 0 Å². The molecule has 0 unspecified atom stereocenters. The lowest BCUT2D eigenvalue weighted by Gasteiger charge is -2.09. The minimum Gasteiger partial charge on any atom is -0.0949 e. The van der Waals surface area contributed by atoms with Crippen LogP contribution in [0.15, 0.2) is 64.1 Å². The maximum Gasteiger partial charge on any atom is 0.0250 e. The molecule has 2 aromatic rings. The molecule has 0 radical (unpaired) electrons. The Bertz CT molecular complexity index is 544. The van der Waals surface area contributed by atoms with Crippen molar-refractivity contribution in [2.24, 2.45) is 0 Å². The molecule has 0 aromatic heterocycles. The van der Waals surface area contributed by atoms with Crippen LogP contribution in [0.5, 0.6) is 0 Å². The molecule has 0 saturated carbocycles. The van der Waals surface area contributed by atoms with Gasteiger partial charge < -0.3 is 0 Å². The Morgan fingerprint density at radius 1 is 0.882 bits per heavy atom. The zero-order valence-electron chi connectivity index (χ0n) is 9.29. The third-order valence-corrected chi connectivity index (χ3v) is 4.08. The lowest BCUT2D eigenvalue weighted by Crippen LogP contribution is -1.91. The second-order valence-electron chi connectivity index (χ2n) is 3.85. The molecule has 2 rings (SSSR count).